The summed E-state index contributed by atoms with van der Waals surface area (Å²) in [6.45, 7) is 0. The number of anilines is 1. The Hall–Kier alpha value is -3.12. The van der Waals surface area contributed by atoms with Crippen LogP contribution >= 0.6 is 31.9 Å². The molecule has 2 aromatic heterocycles. The zero-order valence-corrected chi connectivity index (χ0v) is 26.2. The molecule has 0 radical (unpaired) electrons. The fourth-order valence-electron chi connectivity index (χ4n) is 5.26. The van der Waals surface area contributed by atoms with Crippen LogP contribution in [0.2, 0.25) is 0 Å². The van der Waals surface area contributed by atoms with E-state index in [4.69, 9.17) is 15.2 Å². The van der Waals surface area contributed by atoms with Crippen LogP contribution in [0, 0.1) is 10.1 Å². The Bertz CT molecular complexity index is 1700. The monoisotopic (exact) mass is 726 g/mol. The van der Waals surface area contributed by atoms with E-state index >= 15 is 0 Å². The van der Waals surface area contributed by atoms with Crippen molar-refractivity contribution >= 4 is 77.0 Å². The molecule has 10 nitrogen and oxygen atoms in total. The SMILES string of the molecule is COC(=O)C1(c2c(N)cnc3ccc(Br)cc23)CC1.COC(=O)C1(c2c([N+](=O)[O-])cnc3ccc(Br)cc23)CC1.[Fe]. The largest absolute Gasteiger partial charge is 0.468 e. The van der Waals surface area contributed by atoms with Crippen molar-refractivity contribution in [1.29, 1.82) is 0 Å². The van der Waals surface area contributed by atoms with Crippen molar-refractivity contribution in [2.24, 2.45) is 0 Å². The summed E-state index contributed by atoms with van der Waals surface area (Å²) in [7, 11) is 2.71. The standard InChI is InChI=1S/C14H11BrN2O4.C14H13BrN2O2.Fe/c1-21-13(18)14(4-5-14)12-9-6-8(15)2-3-10(9)16-7-11(12)17(19)20;1-19-13(18)14(4-5-14)12-9-6-8(15)2-3-11(9)17-7-10(12)16;/h2-3,6-7H,4-5H2,1H3;2-3,6-7H,4-5,16H2,1H3;. The van der Waals surface area contributed by atoms with Crippen molar-refractivity contribution in [3.05, 3.63) is 79.0 Å². The molecule has 0 saturated heterocycles. The number of carbonyl (C=O) groups is 2. The van der Waals surface area contributed by atoms with Crippen molar-refractivity contribution in [3.63, 3.8) is 0 Å². The quantitative estimate of drug-likeness (QED) is 0.115. The van der Waals surface area contributed by atoms with Crippen LogP contribution in [-0.2, 0) is 47.0 Å². The van der Waals surface area contributed by atoms with Gasteiger partial charge in [-0.15, -0.1) is 0 Å². The van der Waals surface area contributed by atoms with Crippen LogP contribution in [-0.4, -0.2) is 41.0 Å². The molecule has 13 heteroatoms. The number of nitrogen functional groups attached to an aromatic ring is 1. The molecule has 0 unspecified atom stereocenters. The Morgan fingerprint density at radius 1 is 0.854 bits per heavy atom. The summed E-state index contributed by atoms with van der Waals surface area (Å²) in [6.07, 6.45) is 5.48. The summed E-state index contributed by atoms with van der Waals surface area (Å²) in [6, 6.07) is 11.1. The van der Waals surface area contributed by atoms with E-state index in [9.17, 15) is 19.7 Å². The van der Waals surface area contributed by atoms with Crippen LogP contribution in [0.15, 0.2) is 57.7 Å². The number of aromatic nitrogens is 2. The molecule has 0 bridgehead atoms. The van der Waals surface area contributed by atoms with Gasteiger partial charge < -0.3 is 15.2 Å². The van der Waals surface area contributed by atoms with Gasteiger partial charge in [-0.3, -0.25) is 24.7 Å². The third-order valence-corrected chi connectivity index (χ3v) is 8.46. The van der Waals surface area contributed by atoms with E-state index in [-0.39, 0.29) is 28.7 Å². The average molecular weight is 728 g/mol. The number of pyridine rings is 2. The zero-order valence-electron chi connectivity index (χ0n) is 21.9. The molecular weight excluding hydrogens is 704 g/mol. The molecule has 41 heavy (non-hydrogen) atoms. The normalized spacial score (nSPS) is 15.6. The Kier molecular flexibility index (Phi) is 8.75. The maximum atomic E-state index is 12.1. The summed E-state index contributed by atoms with van der Waals surface area (Å²) in [5.74, 6) is -0.648. The Balaban J connectivity index is 0.000000185. The van der Waals surface area contributed by atoms with E-state index in [1.807, 2.05) is 24.3 Å². The number of esters is 2. The molecule has 0 spiro atoms. The predicted octanol–water partition coefficient (Wildman–Crippen LogP) is 5.89. The molecule has 2 saturated carbocycles. The first kappa shape index (κ1) is 30.8. The smallest absolute Gasteiger partial charge is 0.316 e. The molecule has 0 atom stereocenters. The number of nitro groups is 1. The molecular formula is C28H24Br2FeN4O6. The van der Waals surface area contributed by atoms with Gasteiger partial charge in [0.15, 0.2) is 0 Å². The average Bonchev–Trinajstić information content (AvgIpc) is 3.87. The Morgan fingerprint density at radius 2 is 1.29 bits per heavy atom. The number of nitrogens with two attached hydrogens (primary N) is 1. The second kappa shape index (κ2) is 11.6. The second-order valence-electron chi connectivity index (χ2n) is 9.83. The van der Waals surface area contributed by atoms with Gasteiger partial charge in [0.1, 0.15) is 11.6 Å². The van der Waals surface area contributed by atoms with Crippen LogP contribution < -0.4 is 5.73 Å². The number of hydrogen-bond donors (Lipinski definition) is 1. The van der Waals surface area contributed by atoms with Crippen LogP contribution in [0.25, 0.3) is 21.8 Å². The van der Waals surface area contributed by atoms with Gasteiger partial charge in [0.05, 0.1) is 53.0 Å². The molecule has 0 aliphatic heterocycles. The topological polar surface area (TPSA) is 148 Å². The minimum atomic E-state index is -0.918. The van der Waals surface area contributed by atoms with Gasteiger partial charge in [-0.25, -0.2) is 4.98 Å². The van der Waals surface area contributed by atoms with Gasteiger partial charge in [0.2, 0.25) is 0 Å². The molecule has 6 rings (SSSR count). The van der Waals surface area contributed by atoms with E-state index in [0.29, 0.717) is 35.0 Å². The first-order chi connectivity index (χ1) is 19.1. The molecule has 2 fully saturated rings. The van der Waals surface area contributed by atoms with Crippen molar-refractivity contribution < 1.29 is 41.1 Å². The van der Waals surface area contributed by atoms with Crippen molar-refractivity contribution in [3.8, 4) is 0 Å². The van der Waals surface area contributed by atoms with Crippen molar-refractivity contribution in [2.45, 2.75) is 36.5 Å². The number of hydrogen-bond acceptors (Lipinski definition) is 9. The number of ether oxygens (including phenoxy) is 2. The van der Waals surface area contributed by atoms with Gasteiger partial charge in [-0.1, -0.05) is 31.9 Å². The number of fused-ring (bicyclic) bond motifs is 2. The fraction of sp³-hybridized carbons (Fsp3) is 0.286. The van der Waals surface area contributed by atoms with Gasteiger partial charge in [0.25, 0.3) is 5.69 Å². The first-order valence-corrected chi connectivity index (χ1v) is 13.9. The Labute approximate surface area is 262 Å². The van der Waals surface area contributed by atoms with Crippen LogP contribution in [0.1, 0.15) is 36.8 Å². The third-order valence-electron chi connectivity index (χ3n) is 7.48. The molecule has 2 aromatic carbocycles. The molecule has 2 aliphatic rings. The third kappa shape index (κ3) is 5.43. The summed E-state index contributed by atoms with van der Waals surface area (Å²) in [5, 5.41) is 12.9. The molecule has 214 valence electrons. The molecule has 0 amide bonds. The molecule has 4 aromatic rings. The minimum Gasteiger partial charge on any atom is -0.468 e. The minimum absolute atomic E-state index is 0. The van der Waals surface area contributed by atoms with Crippen LogP contribution in [0.5, 0.6) is 0 Å². The number of halogens is 2. The number of rotatable bonds is 5. The molecule has 2 aliphatic carbocycles. The van der Waals surface area contributed by atoms with Gasteiger partial charge in [-0.2, -0.15) is 0 Å². The number of nitrogens with zero attached hydrogens (tertiary/aromatic N) is 3. The maximum Gasteiger partial charge on any atom is 0.316 e. The number of methoxy groups -OCH3 is 2. The van der Waals surface area contributed by atoms with Gasteiger partial charge >= 0.3 is 11.9 Å². The number of benzene rings is 2. The molecule has 2 heterocycles. The zero-order chi connectivity index (χ0) is 28.8. The van der Waals surface area contributed by atoms with E-state index in [0.717, 1.165) is 38.3 Å². The molecule has 2 N–H and O–H groups in total. The number of carbonyl (C=O) groups excluding carboxylic acids is 2. The first-order valence-electron chi connectivity index (χ1n) is 12.3. The van der Waals surface area contributed by atoms with Crippen LogP contribution in [0.3, 0.4) is 0 Å². The van der Waals surface area contributed by atoms with Crippen molar-refractivity contribution in [2.75, 3.05) is 20.0 Å². The van der Waals surface area contributed by atoms with E-state index in [1.54, 1.807) is 18.3 Å². The summed E-state index contributed by atoms with van der Waals surface area (Å²) < 4.78 is 11.5. The summed E-state index contributed by atoms with van der Waals surface area (Å²) >= 11 is 6.80. The van der Waals surface area contributed by atoms with E-state index < -0.39 is 21.7 Å². The van der Waals surface area contributed by atoms with Gasteiger partial charge in [0, 0.05) is 42.4 Å². The van der Waals surface area contributed by atoms with E-state index in [2.05, 4.69) is 41.8 Å². The Morgan fingerprint density at radius 3 is 1.73 bits per heavy atom. The predicted molar refractivity (Wildman–Crippen MR) is 156 cm³/mol. The summed E-state index contributed by atoms with van der Waals surface area (Å²) in [5.41, 5.74) is 7.70. The summed E-state index contributed by atoms with van der Waals surface area (Å²) in [4.78, 5) is 43.5. The van der Waals surface area contributed by atoms with E-state index in [1.165, 1.54) is 20.4 Å². The maximum absolute atomic E-state index is 12.1. The second-order valence-corrected chi connectivity index (χ2v) is 11.7. The fourth-order valence-corrected chi connectivity index (χ4v) is 5.99. The van der Waals surface area contributed by atoms with Gasteiger partial charge in [-0.05, 0) is 62.1 Å². The van der Waals surface area contributed by atoms with Crippen molar-refractivity contribution in [1.82, 2.24) is 9.97 Å². The van der Waals surface area contributed by atoms with Crippen LogP contribution in [0.4, 0.5) is 11.4 Å².